The van der Waals surface area contributed by atoms with Gasteiger partial charge in [-0.05, 0) is 80.4 Å². The van der Waals surface area contributed by atoms with E-state index in [1.165, 1.54) is 0 Å². The molecule has 0 radical (unpaired) electrons. The molecule has 6 atom stereocenters. The molecule has 2 amide bonds. The summed E-state index contributed by atoms with van der Waals surface area (Å²) < 4.78 is 25.9. The SMILES string of the molecule is C[C@@H]1[C@@H]([Si](C)(C)F)[C@H](CCn2cc(C(CO)c3ccccc3)nn2)O[C@@]12C(=O)N(Cc1cccc(NC(=O)[C@H]3CCCN3)c1)c1ccc(Br)cc12. The van der Waals surface area contributed by atoms with Crippen molar-refractivity contribution in [3.8, 4) is 0 Å². The summed E-state index contributed by atoms with van der Waals surface area (Å²) in [6, 6.07) is 22.8. The summed E-state index contributed by atoms with van der Waals surface area (Å²) in [6.45, 7) is 6.74. The van der Waals surface area contributed by atoms with Crippen LogP contribution in [0.4, 0.5) is 15.5 Å². The van der Waals surface area contributed by atoms with E-state index in [4.69, 9.17) is 4.74 Å². The second-order valence-electron chi connectivity index (χ2n) is 14.5. The minimum absolute atomic E-state index is 0.0640. The maximum absolute atomic E-state index is 16.4. The molecule has 1 spiro atoms. The minimum atomic E-state index is -3.37. The molecule has 7 rings (SSSR count). The number of fused-ring (bicyclic) bond motifs is 2. The molecule has 3 N–H and O–H groups in total. The summed E-state index contributed by atoms with van der Waals surface area (Å²) >= 11 is 3.62. The number of nitrogens with zero attached hydrogens (tertiary/aromatic N) is 4. The molecule has 0 bridgehead atoms. The fourth-order valence-corrected chi connectivity index (χ4v) is 11.3. The summed E-state index contributed by atoms with van der Waals surface area (Å²) in [5, 5.41) is 25.1. The number of carbonyl (C=O) groups is 2. The van der Waals surface area contributed by atoms with Crippen molar-refractivity contribution >= 4 is 47.5 Å². The van der Waals surface area contributed by atoms with Gasteiger partial charge in [0.05, 0.1) is 42.6 Å². The van der Waals surface area contributed by atoms with Crippen molar-refractivity contribution in [2.45, 2.75) is 81.6 Å². The number of hydrogen-bond acceptors (Lipinski definition) is 7. The Bertz CT molecular complexity index is 1900. The zero-order valence-corrected chi connectivity index (χ0v) is 31.6. The van der Waals surface area contributed by atoms with Crippen LogP contribution in [-0.2, 0) is 33.0 Å². The molecule has 3 aliphatic rings. The molecule has 1 aromatic heterocycles. The monoisotopic (exact) mass is 774 g/mol. The number of aliphatic hydroxyl groups excluding tert-OH is 1. The van der Waals surface area contributed by atoms with E-state index in [1.807, 2.05) is 85.9 Å². The summed E-state index contributed by atoms with van der Waals surface area (Å²) in [5.41, 5.74) is 2.74. The van der Waals surface area contributed by atoms with Crippen LogP contribution in [0.25, 0.3) is 0 Å². The van der Waals surface area contributed by atoms with Gasteiger partial charge in [-0.3, -0.25) is 14.3 Å². The zero-order chi connectivity index (χ0) is 35.9. The Morgan fingerprint density at radius 2 is 1.98 bits per heavy atom. The molecule has 1 unspecified atom stereocenters. The molecular weight excluding hydrogens is 731 g/mol. The fraction of sp³-hybridized carbons (Fsp3) is 0.421. The first-order valence-electron chi connectivity index (χ1n) is 17.7. The highest BCUT2D eigenvalue weighted by atomic mass is 79.9. The normalized spacial score (nSPS) is 25.1. The van der Waals surface area contributed by atoms with Gasteiger partial charge in [-0.1, -0.05) is 70.5 Å². The molecule has 268 valence electrons. The van der Waals surface area contributed by atoms with E-state index < -0.39 is 31.6 Å². The van der Waals surface area contributed by atoms with Gasteiger partial charge < -0.3 is 29.5 Å². The van der Waals surface area contributed by atoms with Gasteiger partial charge in [0.2, 0.25) is 14.3 Å². The maximum Gasteiger partial charge on any atom is 0.264 e. The molecule has 2 saturated heterocycles. The van der Waals surface area contributed by atoms with E-state index >= 15 is 4.11 Å². The molecule has 13 heteroatoms. The van der Waals surface area contributed by atoms with Crippen LogP contribution in [-0.4, -0.2) is 65.6 Å². The van der Waals surface area contributed by atoms with Gasteiger partial charge >= 0.3 is 0 Å². The Hall–Kier alpha value is -3.75. The predicted octanol–water partition coefficient (Wildman–Crippen LogP) is 6.27. The largest absolute Gasteiger partial charge is 0.395 e. The van der Waals surface area contributed by atoms with E-state index in [1.54, 1.807) is 22.7 Å². The van der Waals surface area contributed by atoms with Crippen LogP contribution in [0.1, 0.15) is 54.5 Å². The van der Waals surface area contributed by atoms with Crippen LogP contribution < -0.4 is 15.5 Å². The molecule has 10 nitrogen and oxygen atoms in total. The Morgan fingerprint density at radius 3 is 2.71 bits per heavy atom. The van der Waals surface area contributed by atoms with Crippen LogP contribution in [0.2, 0.25) is 18.6 Å². The third-order valence-corrected chi connectivity index (χ3v) is 13.7. The second-order valence-corrected chi connectivity index (χ2v) is 19.2. The molecule has 0 aliphatic carbocycles. The lowest BCUT2D eigenvalue weighted by molar-refractivity contribution is -0.146. The van der Waals surface area contributed by atoms with Gasteiger partial charge in [0.25, 0.3) is 5.91 Å². The van der Waals surface area contributed by atoms with Gasteiger partial charge in [-0.25, -0.2) is 0 Å². The average molecular weight is 776 g/mol. The Kier molecular flexibility index (Phi) is 10.0. The number of aromatic nitrogens is 3. The van der Waals surface area contributed by atoms with Crippen LogP contribution in [0.5, 0.6) is 0 Å². The number of halogens is 2. The molecule has 4 aromatic rings. The number of carbonyl (C=O) groups excluding carboxylic acids is 2. The lowest BCUT2D eigenvalue weighted by Gasteiger charge is -2.31. The highest BCUT2D eigenvalue weighted by Gasteiger charge is 2.66. The molecule has 4 heterocycles. The van der Waals surface area contributed by atoms with Crippen molar-refractivity contribution in [3.05, 3.63) is 106 Å². The number of benzene rings is 3. The van der Waals surface area contributed by atoms with Crippen LogP contribution in [0, 0.1) is 5.92 Å². The maximum atomic E-state index is 16.4. The number of nitrogens with one attached hydrogen (secondary N) is 2. The molecule has 2 fully saturated rings. The molecule has 3 aliphatic heterocycles. The van der Waals surface area contributed by atoms with Crippen molar-refractivity contribution in [3.63, 3.8) is 0 Å². The first-order chi connectivity index (χ1) is 24.5. The second kappa shape index (κ2) is 14.3. The third-order valence-electron chi connectivity index (χ3n) is 10.8. The third kappa shape index (κ3) is 6.82. The van der Waals surface area contributed by atoms with Crippen molar-refractivity contribution in [1.82, 2.24) is 20.3 Å². The highest BCUT2D eigenvalue weighted by molar-refractivity contribution is 9.10. The van der Waals surface area contributed by atoms with Gasteiger partial charge in [-0.15, -0.1) is 5.10 Å². The quantitative estimate of drug-likeness (QED) is 0.121. The number of ether oxygens (including phenoxy) is 1. The van der Waals surface area contributed by atoms with Gasteiger partial charge in [-0.2, -0.15) is 0 Å². The summed E-state index contributed by atoms with van der Waals surface area (Å²) in [5.74, 6) is -1.03. The van der Waals surface area contributed by atoms with E-state index in [2.05, 4.69) is 36.9 Å². The fourth-order valence-electron chi connectivity index (χ4n) is 8.41. The Morgan fingerprint density at radius 1 is 1.18 bits per heavy atom. The van der Waals surface area contributed by atoms with Crippen LogP contribution in [0.15, 0.2) is 83.5 Å². The predicted molar refractivity (Wildman–Crippen MR) is 199 cm³/mol. The van der Waals surface area contributed by atoms with E-state index in [0.29, 0.717) is 24.3 Å². The zero-order valence-electron chi connectivity index (χ0n) is 29.1. The van der Waals surface area contributed by atoms with Crippen molar-refractivity contribution in [2.24, 2.45) is 5.92 Å². The Labute approximate surface area is 307 Å². The first-order valence-corrected chi connectivity index (χ1v) is 21.4. The minimum Gasteiger partial charge on any atom is -0.395 e. The topological polar surface area (TPSA) is 122 Å². The molecule has 0 saturated carbocycles. The molecule has 3 aromatic carbocycles. The van der Waals surface area contributed by atoms with Gasteiger partial charge in [0.1, 0.15) is 0 Å². The summed E-state index contributed by atoms with van der Waals surface area (Å²) in [6.07, 6.45) is 3.49. The standard InChI is InChI=1S/C38H44BrFN6O4Si/c1-24-35(51(2,3)40)34(16-18-45-22-32(43-44-45)29(23-47)26-10-5-4-6-11-26)50-38(24)30-20-27(39)14-15-33(30)46(37(38)49)21-25-9-7-12-28(19-25)42-36(48)31-13-8-17-41-31/h4-7,9-12,14-15,19-20,22,24,29,31,34-35,41,47H,8,13,16-18,21,23H2,1-3H3,(H,42,48)/t24-,29?,31-,34+,35-,38+/m1/s1. The number of rotatable bonds is 11. The van der Waals surface area contributed by atoms with Crippen molar-refractivity contribution < 1.29 is 23.5 Å². The number of aliphatic hydroxyl groups is 1. The lowest BCUT2D eigenvalue weighted by Crippen LogP contribution is -2.45. The molecule has 51 heavy (non-hydrogen) atoms. The average Bonchev–Trinajstić information content (AvgIpc) is 3.90. The van der Waals surface area contributed by atoms with E-state index in [-0.39, 0.29) is 36.9 Å². The highest BCUT2D eigenvalue weighted by Crippen LogP contribution is 2.60. The smallest absolute Gasteiger partial charge is 0.264 e. The van der Waals surface area contributed by atoms with E-state index in [9.17, 15) is 14.7 Å². The summed E-state index contributed by atoms with van der Waals surface area (Å²) in [7, 11) is -3.37. The van der Waals surface area contributed by atoms with Crippen molar-refractivity contribution in [1.29, 1.82) is 0 Å². The van der Waals surface area contributed by atoms with E-state index in [0.717, 1.165) is 46.2 Å². The first kappa shape index (κ1) is 35.6. The van der Waals surface area contributed by atoms with Crippen LogP contribution in [0.3, 0.4) is 0 Å². The van der Waals surface area contributed by atoms with Crippen LogP contribution >= 0.6 is 15.9 Å². The van der Waals surface area contributed by atoms with Gasteiger partial charge in [0, 0.05) is 39.9 Å². The number of aryl methyl sites for hydroxylation is 1. The Balaban J connectivity index is 1.14. The summed E-state index contributed by atoms with van der Waals surface area (Å²) in [4.78, 5) is 29.4. The van der Waals surface area contributed by atoms with Gasteiger partial charge in [0.15, 0.2) is 5.60 Å². The number of hydrogen-bond donors (Lipinski definition) is 3. The molecular formula is C38H44BrFN6O4Si. The number of amides is 2. The van der Waals surface area contributed by atoms with Crippen molar-refractivity contribution in [2.75, 3.05) is 23.4 Å². The lowest BCUT2D eigenvalue weighted by atomic mass is 9.82. The number of anilines is 2.